The number of anilines is 1. The molecule has 2 aromatic heterocycles. The molecule has 25 heavy (non-hydrogen) atoms. The van der Waals surface area contributed by atoms with Crippen LogP contribution in [0.3, 0.4) is 0 Å². The van der Waals surface area contributed by atoms with Gasteiger partial charge >= 0.3 is 0 Å². The van der Waals surface area contributed by atoms with Crippen LogP contribution in [0, 0.1) is 12.8 Å². The number of hydrogen-bond acceptors (Lipinski definition) is 5. The molecule has 7 nitrogen and oxygen atoms in total. The van der Waals surface area contributed by atoms with Gasteiger partial charge in [-0.2, -0.15) is 5.10 Å². The molecule has 0 spiro atoms. The Bertz CT molecular complexity index is 926. The molecular formula is C18H20N6O. The number of aromatic nitrogens is 4. The van der Waals surface area contributed by atoms with E-state index in [9.17, 15) is 4.79 Å². The Morgan fingerprint density at radius 2 is 1.96 bits per heavy atom. The third-order valence-corrected chi connectivity index (χ3v) is 4.89. The van der Waals surface area contributed by atoms with Gasteiger partial charge in [0.15, 0.2) is 5.65 Å². The molecule has 0 radical (unpaired) electrons. The number of aryl methyl sites for hydroxylation is 1. The number of nitrogens with two attached hydrogens (primary N) is 1. The fourth-order valence-electron chi connectivity index (χ4n) is 3.44. The molecule has 4 rings (SSSR count). The number of carbonyl (C=O) groups is 1. The number of para-hydroxylation sites is 1. The number of primary amides is 1. The van der Waals surface area contributed by atoms with E-state index in [2.05, 4.69) is 33.0 Å². The Morgan fingerprint density at radius 3 is 2.68 bits per heavy atom. The molecule has 1 aromatic carbocycles. The zero-order chi connectivity index (χ0) is 17.4. The third kappa shape index (κ3) is 2.71. The maximum atomic E-state index is 11.4. The summed E-state index contributed by atoms with van der Waals surface area (Å²) in [6, 6.07) is 8.09. The molecule has 1 fully saturated rings. The first-order valence-electron chi connectivity index (χ1n) is 8.44. The van der Waals surface area contributed by atoms with E-state index in [4.69, 9.17) is 5.73 Å². The minimum atomic E-state index is -0.208. The van der Waals surface area contributed by atoms with E-state index in [1.54, 1.807) is 6.33 Å². The smallest absolute Gasteiger partial charge is 0.220 e. The van der Waals surface area contributed by atoms with Gasteiger partial charge in [-0.3, -0.25) is 4.79 Å². The number of piperidine rings is 1. The number of amides is 1. The largest absolute Gasteiger partial charge is 0.369 e. The van der Waals surface area contributed by atoms with Crippen molar-refractivity contribution in [3.63, 3.8) is 0 Å². The highest BCUT2D eigenvalue weighted by Gasteiger charge is 2.25. The highest BCUT2D eigenvalue weighted by Crippen LogP contribution is 2.28. The predicted octanol–water partition coefficient (Wildman–Crippen LogP) is 1.83. The lowest BCUT2D eigenvalue weighted by Gasteiger charge is -2.31. The van der Waals surface area contributed by atoms with Crippen LogP contribution < -0.4 is 10.6 Å². The van der Waals surface area contributed by atoms with Crippen LogP contribution in [0.5, 0.6) is 0 Å². The van der Waals surface area contributed by atoms with Gasteiger partial charge in [0.25, 0.3) is 0 Å². The van der Waals surface area contributed by atoms with Gasteiger partial charge in [-0.1, -0.05) is 18.2 Å². The van der Waals surface area contributed by atoms with E-state index in [-0.39, 0.29) is 11.8 Å². The number of carbonyl (C=O) groups excluding carboxylic acids is 1. The first-order chi connectivity index (χ1) is 12.1. The van der Waals surface area contributed by atoms with Crippen LogP contribution in [0.15, 0.2) is 36.8 Å². The second kappa shape index (κ2) is 6.16. The molecule has 0 aliphatic carbocycles. The number of hydrogen-bond donors (Lipinski definition) is 1. The summed E-state index contributed by atoms with van der Waals surface area (Å²) >= 11 is 0. The second-order valence-electron chi connectivity index (χ2n) is 6.44. The molecule has 3 heterocycles. The fourth-order valence-corrected chi connectivity index (χ4v) is 3.44. The van der Waals surface area contributed by atoms with Crippen LogP contribution in [0.1, 0.15) is 18.4 Å². The maximum Gasteiger partial charge on any atom is 0.220 e. The van der Waals surface area contributed by atoms with Gasteiger partial charge in [-0.25, -0.2) is 14.6 Å². The summed E-state index contributed by atoms with van der Waals surface area (Å²) in [6.45, 7) is 3.57. The maximum absolute atomic E-state index is 11.4. The number of rotatable bonds is 3. The Kier molecular flexibility index (Phi) is 3.83. The molecule has 3 aromatic rings. The first kappa shape index (κ1) is 15.6. The van der Waals surface area contributed by atoms with Crippen molar-refractivity contribution >= 4 is 22.8 Å². The standard InChI is InChI=1S/C18H20N6O/c1-12-4-2-3-5-15(12)24-18-14(10-22-24)17(20-11-21-18)23-8-6-13(7-9-23)16(19)25/h2-5,10-11,13H,6-9H2,1H3,(H2,19,25). The van der Waals surface area contributed by atoms with Crippen molar-refractivity contribution in [2.45, 2.75) is 19.8 Å². The number of fused-ring (bicyclic) bond motifs is 1. The van der Waals surface area contributed by atoms with Crippen molar-refractivity contribution in [1.29, 1.82) is 0 Å². The monoisotopic (exact) mass is 336 g/mol. The molecule has 0 unspecified atom stereocenters. The molecule has 2 N–H and O–H groups in total. The van der Waals surface area contributed by atoms with E-state index >= 15 is 0 Å². The molecular weight excluding hydrogens is 316 g/mol. The Hall–Kier alpha value is -2.96. The van der Waals surface area contributed by atoms with E-state index in [1.165, 1.54) is 0 Å². The first-order valence-corrected chi connectivity index (χ1v) is 8.44. The summed E-state index contributed by atoms with van der Waals surface area (Å²) in [4.78, 5) is 22.5. The van der Waals surface area contributed by atoms with Crippen LogP contribution in [-0.4, -0.2) is 38.7 Å². The van der Waals surface area contributed by atoms with E-state index in [1.807, 2.05) is 29.1 Å². The van der Waals surface area contributed by atoms with Gasteiger partial charge < -0.3 is 10.6 Å². The molecule has 7 heteroatoms. The number of nitrogens with zero attached hydrogens (tertiary/aromatic N) is 5. The SMILES string of the molecule is Cc1ccccc1-n1ncc2c(N3CCC(C(N)=O)CC3)ncnc21. The summed E-state index contributed by atoms with van der Waals surface area (Å²) in [6.07, 6.45) is 4.91. The summed E-state index contributed by atoms with van der Waals surface area (Å²) in [7, 11) is 0. The van der Waals surface area contributed by atoms with Crippen LogP contribution >= 0.6 is 0 Å². The van der Waals surface area contributed by atoms with Crippen LogP contribution in [-0.2, 0) is 4.79 Å². The Balaban J connectivity index is 1.71. The Labute approximate surface area is 145 Å². The van der Waals surface area contributed by atoms with E-state index in [0.29, 0.717) is 0 Å². The van der Waals surface area contributed by atoms with Crippen molar-refractivity contribution in [1.82, 2.24) is 19.7 Å². The quantitative estimate of drug-likeness (QED) is 0.788. The second-order valence-corrected chi connectivity index (χ2v) is 6.44. The highest BCUT2D eigenvalue weighted by molar-refractivity contribution is 5.88. The fraction of sp³-hybridized carbons (Fsp3) is 0.333. The normalized spacial score (nSPS) is 15.6. The van der Waals surface area contributed by atoms with Crippen molar-refractivity contribution in [3.05, 3.63) is 42.4 Å². The molecule has 1 saturated heterocycles. The van der Waals surface area contributed by atoms with Gasteiger partial charge in [-0.15, -0.1) is 0 Å². The van der Waals surface area contributed by atoms with Gasteiger partial charge in [-0.05, 0) is 31.4 Å². The summed E-state index contributed by atoms with van der Waals surface area (Å²) < 4.78 is 1.85. The van der Waals surface area contributed by atoms with Gasteiger partial charge in [0.1, 0.15) is 12.1 Å². The average Bonchev–Trinajstić information content (AvgIpc) is 3.06. The molecule has 1 aliphatic rings. The molecule has 1 aliphatic heterocycles. The minimum Gasteiger partial charge on any atom is -0.369 e. The predicted molar refractivity (Wildman–Crippen MR) is 95.5 cm³/mol. The van der Waals surface area contributed by atoms with Gasteiger partial charge in [0.2, 0.25) is 5.91 Å². The number of benzene rings is 1. The van der Waals surface area contributed by atoms with Crippen LogP contribution in [0.2, 0.25) is 0 Å². The van der Waals surface area contributed by atoms with Crippen LogP contribution in [0.25, 0.3) is 16.7 Å². The lowest BCUT2D eigenvalue weighted by molar-refractivity contribution is -0.122. The van der Waals surface area contributed by atoms with Gasteiger partial charge in [0.05, 0.1) is 17.3 Å². The zero-order valence-corrected chi connectivity index (χ0v) is 14.1. The average molecular weight is 336 g/mol. The lowest BCUT2D eigenvalue weighted by atomic mass is 9.96. The van der Waals surface area contributed by atoms with E-state index in [0.717, 1.165) is 54.0 Å². The van der Waals surface area contributed by atoms with Crippen molar-refractivity contribution in [2.75, 3.05) is 18.0 Å². The van der Waals surface area contributed by atoms with Crippen LogP contribution in [0.4, 0.5) is 5.82 Å². The van der Waals surface area contributed by atoms with Gasteiger partial charge in [0, 0.05) is 19.0 Å². The highest BCUT2D eigenvalue weighted by atomic mass is 16.1. The molecule has 0 bridgehead atoms. The topological polar surface area (TPSA) is 89.9 Å². The van der Waals surface area contributed by atoms with Crippen molar-refractivity contribution in [2.24, 2.45) is 11.7 Å². The third-order valence-electron chi connectivity index (χ3n) is 4.89. The Morgan fingerprint density at radius 1 is 1.20 bits per heavy atom. The zero-order valence-electron chi connectivity index (χ0n) is 14.1. The summed E-state index contributed by atoms with van der Waals surface area (Å²) in [5.41, 5.74) is 8.36. The minimum absolute atomic E-state index is 0.0386. The summed E-state index contributed by atoms with van der Waals surface area (Å²) in [5.74, 6) is 0.621. The van der Waals surface area contributed by atoms with Crippen molar-refractivity contribution in [3.8, 4) is 5.69 Å². The molecule has 0 saturated carbocycles. The summed E-state index contributed by atoms with van der Waals surface area (Å²) in [5, 5.41) is 5.46. The molecule has 0 atom stereocenters. The lowest BCUT2D eigenvalue weighted by Crippen LogP contribution is -2.39. The van der Waals surface area contributed by atoms with Crippen molar-refractivity contribution < 1.29 is 4.79 Å². The molecule has 1 amide bonds. The molecule has 128 valence electrons. The van der Waals surface area contributed by atoms with E-state index < -0.39 is 0 Å².